The molecule has 2 aromatic rings. The molecule has 0 N–H and O–H groups in total. The first-order valence-corrected chi connectivity index (χ1v) is 11.7. The van der Waals surface area contributed by atoms with Gasteiger partial charge >= 0.3 is 0 Å². The maximum Gasteiger partial charge on any atom is 0.223 e. The van der Waals surface area contributed by atoms with E-state index in [-0.39, 0.29) is 11.3 Å². The monoisotopic (exact) mass is 460 g/mol. The van der Waals surface area contributed by atoms with Gasteiger partial charge in [0.15, 0.2) is 0 Å². The Balaban J connectivity index is 1.49. The van der Waals surface area contributed by atoms with Crippen molar-refractivity contribution < 1.29 is 14.3 Å². The molecule has 0 bridgehead atoms. The largest absolute Gasteiger partial charge is 0.493 e. The molecule has 3 heterocycles. The number of carbonyl (C=O) groups excluding carboxylic acids is 1. The quantitative estimate of drug-likeness (QED) is 0.634. The van der Waals surface area contributed by atoms with Crippen molar-refractivity contribution in [3.63, 3.8) is 0 Å². The average Bonchev–Trinajstić information content (AvgIpc) is 3.20. The third-order valence-corrected chi connectivity index (χ3v) is 6.89. The zero-order chi connectivity index (χ0) is 22.6. The fourth-order valence-corrected chi connectivity index (χ4v) is 4.88. The maximum absolute atomic E-state index is 13.2. The number of rotatable bonds is 7. The van der Waals surface area contributed by atoms with Gasteiger partial charge in [0.1, 0.15) is 5.75 Å². The van der Waals surface area contributed by atoms with Crippen LogP contribution in [0.3, 0.4) is 0 Å². The van der Waals surface area contributed by atoms with Crippen LogP contribution in [-0.4, -0.2) is 71.5 Å². The van der Waals surface area contributed by atoms with E-state index in [2.05, 4.69) is 16.2 Å². The van der Waals surface area contributed by atoms with E-state index in [0.29, 0.717) is 39.3 Å². The highest BCUT2D eigenvalue weighted by Crippen LogP contribution is 2.36. The van der Waals surface area contributed by atoms with Gasteiger partial charge in [0.25, 0.3) is 0 Å². The molecule has 0 saturated carbocycles. The number of aromatic nitrogens is 2. The van der Waals surface area contributed by atoms with Crippen molar-refractivity contribution in [3.8, 4) is 5.75 Å². The predicted octanol–water partition coefficient (Wildman–Crippen LogP) is 3.29. The summed E-state index contributed by atoms with van der Waals surface area (Å²) in [5, 5.41) is 5.03. The number of benzene rings is 1. The van der Waals surface area contributed by atoms with Crippen LogP contribution in [0, 0.1) is 12.3 Å². The minimum atomic E-state index is -0.233. The molecule has 1 aromatic carbocycles. The van der Waals surface area contributed by atoms with Crippen molar-refractivity contribution in [1.29, 1.82) is 0 Å². The third-order valence-electron chi connectivity index (χ3n) is 6.47. The summed E-state index contributed by atoms with van der Waals surface area (Å²) in [5.74, 6) is 1.00. The maximum atomic E-state index is 13.2. The number of aryl methyl sites for hydroxylation is 2. The van der Waals surface area contributed by atoms with Gasteiger partial charge in [-0.05, 0) is 50.1 Å². The van der Waals surface area contributed by atoms with E-state index < -0.39 is 0 Å². The summed E-state index contributed by atoms with van der Waals surface area (Å²) >= 11 is 6.18. The molecular formula is C24H33ClN4O3. The topological polar surface area (TPSA) is 59.8 Å². The fourth-order valence-electron chi connectivity index (χ4n) is 4.76. The van der Waals surface area contributed by atoms with E-state index in [9.17, 15) is 4.79 Å². The lowest BCUT2D eigenvalue weighted by Crippen LogP contribution is -2.50. The predicted molar refractivity (Wildman–Crippen MR) is 124 cm³/mol. The molecule has 0 aliphatic carbocycles. The Morgan fingerprint density at radius 1 is 1.28 bits per heavy atom. The Morgan fingerprint density at radius 3 is 2.81 bits per heavy atom. The van der Waals surface area contributed by atoms with Gasteiger partial charge in [-0.15, -0.1) is 0 Å². The van der Waals surface area contributed by atoms with Gasteiger partial charge in [0.2, 0.25) is 5.91 Å². The van der Waals surface area contributed by atoms with Crippen molar-refractivity contribution >= 4 is 17.5 Å². The van der Waals surface area contributed by atoms with E-state index in [1.165, 1.54) is 5.56 Å². The number of likely N-dealkylation sites (tertiary alicyclic amines) is 1. The van der Waals surface area contributed by atoms with Crippen molar-refractivity contribution in [2.24, 2.45) is 12.5 Å². The van der Waals surface area contributed by atoms with Gasteiger partial charge < -0.3 is 14.4 Å². The van der Waals surface area contributed by atoms with Crippen LogP contribution in [0.15, 0.2) is 30.6 Å². The first kappa shape index (κ1) is 23.1. The highest BCUT2D eigenvalue weighted by atomic mass is 35.5. The van der Waals surface area contributed by atoms with Gasteiger partial charge in [0, 0.05) is 61.8 Å². The lowest BCUT2D eigenvalue weighted by Gasteiger charge is -2.43. The molecule has 1 aromatic heterocycles. The number of halogens is 1. The standard InChI is InChI=1S/C24H33ClN4O3/c1-19-12-21(4-5-22(19)25)32-18-24(13-23(30)29-8-10-31-11-9-29)6-3-7-28(17-24)16-20-14-26-27(2)15-20/h4-5,12,14-15H,3,6-11,13,16-18H2,1-2H3. The van der Waals surface area contributed by atoms with Gasteiger partial charge in [-0.25, -0.2) is 0 Å². The van der Waals surface area contributed by atoms with Crippen LogP contribution < -0.4 is 4.74 Å². The summed E-state index contributed by atoms with van der Waals surface area (Å²) in [4.78, 5) is 17.6. The Bertz CT molecular complexity index is 928. The van der Waals surface area contributed by atoms with Gasteiger partial charge in [-0.2, -0.15) is 5.10 Å². The minimum absolute atomic E-state index is 0.201. The highest BCUT2D eigenvalue weighted by molar-refractivity contribution is 6.31. The molecule has 174 valence electrons. The second kappa shape index (κ2) is 10.2. The molecular weight excluding hydrogens is 428 g/mol. The molecule has 2 aliphatic heterocycles. The van der Waals surface area contributed by atoms with Crippen LogP contribution >= 0.6 is 11.6 Å². The number of hydrogen-bond donors (Lipinski definition) is 0. The SMILES string of the molecule is Cc1cc(OCC2(CC(=O)N3CCOCC3)CCCN(Cc3cnn(C)c3)C2)ccc1Cl. The van der Waals surface area contributed by atoms with Crippen molar-refractivity contribution in [2.45, 2.75) is 32.7 Å². The third kappa shape index (κ3) is 5.82. The van der Waals surface area contributed by atoms with Crippen LogP contribution in [-0.2, 0) is 23.1 Å². The van der Waals surface area contributed by atoms with Gasteiger partial charge in [-0.3, -0.25) is 14.4 Å². The molecule has 1 atom stereocenters. The smallest absolute Gasteiger partial charge is 0.223 e. The first-order valence-electron chi connectivity index (χ1n) is 11.4. The second-order valence-corrected chi connectivity index (χ2v) is 9.61. The molecule has 7 nitrogen and oxygen atoms in total. The van der Waals surface area contributed by atoms with Gasteiger partial charge in [-0.1, -0.05) is 11.6 Å². The summed E-state index contributed by atoms with van der Waals surface area (Å²) in [6, 6.07) is 5.74. The van der Waals surface area contributed by atoms with Crippen molar-refractivity contribution in [2.75, 3.05) is 46.0 Å². The van der Waals surface area contributed by atoms with Crippen LogP contribution in [0.4, 0.5) is 0 Å². The Hall–Kier alpha value is -2.09. The van der Waals surface area contributed by atoms with Crippen LogP contribution in [0.25, 0.3) is 0 Å². The minimum Gasteiger partial charge on any atom is -0.493 e. The van der Waals surface area contributed by atoms with E-state index >= 15 is 0 Å². The summed E-state index contributed by atoms with van der Waals surface area (Å²) in [6.07, 6.45) is 6.48. The lowest BCUT2D eigenvalue weighted by atomic mass is 9.77. The molecule has 8 heteroatoms. The molecule has 2 fully saturated rings. The summed E-state index contributed by atoms with van der Waals surface area (Å²) in [5.41, 5.74) is 1.95. The molecule has 0 radical (unpaired) electrons. The van der Waals surface area contributed by atoms with Crippen LogP contribution in [0.1, 0.15) is 30.4 Å². The number of carbonyl (C=O) groups is 1. The molecule has 1 unspecified atom stereocenters. The number of nitrogens with zero attached hydrogens (tertiary/aromatic N) is 4. The molecule has 2 aliphatic rings. The zero-order valence-electron chi connectivity index (χ0n) is 19.1. The molecule has 0 spiro atoms. The van der Waals surface area contributed by atoms with Crippen LogP contribution in [0.5, 0.6) is 5.75 Å². The van der Waals surface area contributed by atoms with E-state index in [1.807, 2.05) is 47.9 Å². The first-order chi connectivity index (χ1) is 15.4. The highest BCUT2D eigenvalue weighted by Gasteiger charge is 2.39. The summed E-state index contributed by atoms with van der Waals surface area (Å²) in [7, 11) is 1.94. The lowest BCUT2D eigenvalue weighted by molar-refractivity contribution is -0.139. The zero-order valence-corrected chi connectivity index (χ0v) is 19.8. The number of ether oxygens (including phenoxy) is 2. The van der Waals surface area contributed by atoms with E-state index in [1.54, 1.807) is 0 Å². The molecule has 4 rings (SSSR count). The number of hydrogen-bond acceptors (Lipinski definition) is 5. The average molecular weight is 461 g/mol. The number of amides is 1. The normalized spacial score (nSPS) is 22.2. The van der Waals surface area contributed by atoms with Crippen LogP contribution in [0.2, 0.25) is 5.02 Å². The molecule has 2 saturated heterocycles. The van der Waals surface area contributed by atoms with Crippen molar-refractivity contribution in [3.05, 3.63) is 46.7 Å². The Labute approximate surface area is 195 Å². The summed E-state index contributed by atoms with van der Waals surface area (Å²) in [6.45, 7) is 7.74. The Kier molecular flexibility index (Phi) is 7.38. The molecule has 1 amide bonds. The number of morpholine rings is 1. The van der Waals surface area contributed by atoms with Crippen molar-refractivity contribution in [1.82, 2.24) is 19.6 Å². The van der Waals surface area contributed by atoms with Gasteiger partial charge in [0.05, 0.1) is 26.0 Å². The number of piperidine rings is 1. The van der Waals surface area contributed by atoms with E-state index in [4.69, 9.17) is 21.1 Å². The van der Waals surface area contributed by atoms with E-state index in [0.717, 1.165) is 48.8 Å². The Morgan fingerprint density at radius 2 is 2.09 bits per heavy atom. The molecule has 32 heavy (non-hydrogen) atoms. The fraction of sp³-hybridized carbons (Fsp3) is 0.583. The summed E-state index contributed by atoms with van der Waals surface area (Å²) < 4.78 is 13.5. The second-order valence-electron chi connectivity index (χ2n) is 9.21.